The lowest BCUT2D eigenvalue weighted by Crippen LogP contribution is -2.06. The highest BCUT2D eigenvalue weighted by atomic mass is 16.5. The molecular weight excluding hydrogens is 284 g/mol. The minimum absolute atomic E-state index is 0.514. The fraction of sp³-hybridized carbons (Fsp3) is 0.150. The fourth-order valence-corrected chi connectivity index (χ4v) is 3.15. The molecule has 0 atom stereocenters. The van der Waals surface area contributed by atoms with E-state index in [0.717, 1.165) is 23.3 Å². The lowest BCUT2D eigenvalue weighted by Gasteiger charge is -2.10. The van der Waals surface area contributed by atoms with Gasteiger partial charge in [-0.25, -0.2) is 4.98 Å². The molecule has 0 saturated heterocycles. The Morgan fingerprint density at radius 1 is 0.913 bits per heavy atom. The Hall–Kier alpha value is -2.65. The van der Waals surface area contributed by atoms with Crippen molar-refractivity contribution in [2.75, 3.05) is 7.11 Å². The van der Waals surface area contributed by atoms with Crippen molar-refractivity contribution in [2.24, 2.45) is 0 Å². The first-order chi connectivity index (χ1) is 11.4. The van der Waals surface area contributed by atoms with E-state index in [2.05, 4.69) is 53.1 Å². The van der Waals surface area contributed by atoms with Gasteiger partial charge in [0.25, 0.3) is 0 Å². The van der Waals surface area contributed by atoms with Crippen LogP contribution in [0.3, 0.4) is 0 Å². The number of imidazole rings is 1. The van der Waals surface area contributed by atoms with Gasteiger partial charge in [0.05, 0.1) is 11.0 Å². The zero-order valence-electron chi connectivity index (χ0n) is 13.1. The molecule has 0 aliphatic heterocycles. The van der Waals surface area contributed by atoms with Gasteiger partial charge in [-0.2, -0.15) is 0 Å². The van der Waals surface area contributed by atoms with E-state index in [1.54, 1.807) is 7.11 Å². The highest BCUT2D eigenvalue weighted by molar-refractivity contribution is 5.86. The number of nitrogens with zero attached hydrogens (tertiary/aromatic N) is 2. The second-order valence-corrected chi connectivity index (χ2v) is 5.68. The van der Waals surface area contributed by atoms with Gasteiger partial charge in [0.15, 0.2) is 0 Å². The SMILES string of the molecule is COCn1c(Cc2cccc3ccccc23)nc2ccccc21. The third kappa shape index (κ3) is 2.49. The van der Waals surface area contributed by atoms with Crippen molar-refractivity contribution in [1.82, 2.24) is 9.55 Å². The highest BCUT2D eigenvalue weighted by Crippen LogP contribution is 2.23. The first-order valence-corrected chi connectivity index (χ1v) is 7.76. The van der Waals surface area contributed by atoms with E-state index in [1.807, 2.05) is 18.2 Å². The van der Waals surface area contributed by atoms with Crippen molar-refractivity contribution in [3.8, 4) is 0 Å². The number of para-hydroxylation sites is 2. The first kappa shape index (κ1) is 14.0. The summed E-state index contributed by atoms with van der Waals surface area (Å²) >= 11 is 0. The highest BCUT2D eigenvalue weighted by Gasteiger charge is 2.12. The van der Waals surface area contributed by atoms with Crippen LogP contribution >= 0.6 is 0 Å². The zero-order chi connectivity index (χ0) is 15.6. The smallest absolute Gasteiger partial charge is 0.124 e. The van der Waals surface area contributed by atoms with Gasteiger partial charge in [0.2, 0.25) is 0 Å². The summed E-state index contributed by atoms with van der Waals surface area (Å²) in [5.74, 6) is 1.03. The Kier molecular flexibility index (Phi) is 3.56. The average Bonchev–Trinajstić information content (AvgIpc) is 2.93. The molecular formula is C20H18N2O. The van der Waals surface area contributed by atoms with Gasteiger partial charge in [0.1, 0.15) is 12.6 Å². The van der Waals surface area contributed by atoms with Crippen molar-refractivity contribution in [3.05, 3.63) is 78.1 Å². The van der Waals surface area contributed by atoms with Crippen LogP contribution in [0.4, 0.5) is 0 Å². The minimum atomic E-state index is 0.514. The van der Waals surface area contributed by atoms with E-state index in [9.17, 15) is 0 Å². The summed E-state index contributed by atoms with van der Waals surface area (Å²) in [7, 11) is 1.72. The molecule has 0 aliphatic carbocycles. The average molecular weight is 302 g/mol. The van der Waals surface area contributed by atoms with Gasteiger partial charge in [-0.05, 0) is 28.5 Å². The number of aromatic nitrogens is 2. The summed E-state index contributed by atoms with van der Waals surface area (Å²) in [4.78, 5) is 4.82. The third-order valence-corrected chi connectivity index (χ3v) is 4.22. The summed E-state index contributed by atoms with van der Waals surface area (Å²) < 4.78 is 7.53. The second kappa shape index (κ2) is 5.86. The van der Waals surface area contributed by atoms with Crippen molar-refractivity contribution >= 4 is 21.8 Å². The molecule has 0 saturated carbocycles. The van der Waals surface area contributed by atoms with Crippen LogP contribution in [0.15, 0.2) is 66.7 Å². The predicted molar refractivity (Wildman–Crippen MR) is 93.5 cm³/mol. The van der Waals surface area contributed by atoms with Crippen LogP contribution in [0.1, 0.15) is 11.4 Å². The molecule has 1 heterocycles. The van der Waals surface area contributed by atoms with Crippen LogP contribution < -0.4 is 0 Å². The summed E-state index contributed by atoms with van der Waals surface area (Å²) in [6.45, 7) is 0.514. The summed E-state index contributed by atoms with van der Waals surface area (Å²) in [5.41, 5.74) is 3.42. The Morgan fingerprint density at radius 2 is 1.70 bits per heavy atom. The molecule has 1 aromatic heterocycles. The molecule has 23 heavy (non-hydrogen) atoms. The predicted octanol–water partition coefficient (Wildman–Crippen LogP) is 4.38. The fourth-order valence-electron chi connectivity index (χ4n) is 3.15. The molecule has 0 N–H and O–H groups in total. The molecule has 0 bridgehead atoms. The largest absolute Gasteiger partial charge is 0.364 e. The number of methoxy groups -OCH3 is 1. The molecule has 0 unspecified atom stereocenters. The Labute approximate surface area is 135 Å². The number of hydrogen-bond donors (Lipinski definition) is 0. The van der Waals surface area contributed by atoms with Gasteiger partial charge in [0, 0.05) is 13.5 Å². The van der Waals surface area contributed by atoms with E-state index in [1.165, 1.54) is 16.3 Å². The van der Waals surface area contributed by atoms with E-state index < -0.39 is 0 Å². The van der Waals surface area contributed by atoms with Gasteiger partial charge in [-0.1, -0.05) is 54.6 Å². The van der Waals surface area contributed by atoms with Gasteiger partial charge >= 0.3 is 0 Å². The molecule has 0 amide bonds. The van der Waals surface area contributed by atoms with Crippen LogP contribution in [0.25, 0.3) is 21.8 Å². The molecule has 4 rings (SSSR count). The molecule has 114 valence electrons. The molecule has 4 aromatic rings. The molecule has 0 spiro atoms. The number of rotatable bonds is 4. The van der Waals surface area contributed by atoms with Crippen LogP contribution in [-0.4, -0.2) is 16.7 Å². The van der Waals surface area contributed by atoms with Crippen LogP contribution in [0, 0.1) is 0 Å². The second-order valence-electron chi connectivity index (χ2n) is 5.68. The minimum Gasteiger partial charge on any atom is -0.364 e. The lowest BCUT2D eigenvalue weighted by atomic mass is 10.0. The Balaban J connectivity index is 1.84. The maximum Gasteiger partial charge on any atom is 0.124 e. The van der Waals surface area contributed by atoms with Gasteiger partial charge in [-0.15, -0.1) is 0 Å². The van der Waals surface area contributed by atoms with Crippen molar-refractivity contribution in [2.45, 2.75) is 13.2 Å². The number of hydrogen-bond acceptors (Lipinski definition) is 2. The van der Waals surface area contributed by atoms with E-state index in [0.29, 0.717) is 6.73 Å². The standard InChI is InChI=1S/C20H18N2O/c1-23-14-22-19-12-5-4-11-18(19)21-20(22)13-16-9-6-8-15-7-2-3-10-17(15)16/h2-12H,13-14H2,1H3. The molecule has 3 nitrogen and oxygen atoms in total. The molecule has 3 aromatic carbocycles. The maximum absolute atomic E-state index is 5.38. The first-order valence-electron chi connectivity index (χ1n) is 7.76. The lowest BCUT2D eigenvalue weighted by molar-refractivity contribution is 0.132. The van der Waals surface area contributed by atoms with E-state index in [-0.39, 0.29) is 0 Å². The Morgan fingerprint density at radius 3 is 2.61 bits per heavy atom. The third-order valence-electron chi connectivity index (χ3n) is 4.22. The summed E-state index contributed by atoms with van der Waals surface area (Å²) in [5, 5.41) is 2.55. The molecule has 3 heteroatoms. The zero-order valence-corrected chi connectivity index (χ0v) is 13.1. The Bertz CT molecular complexity index is 966. The van der Waals surface area contributed by atoms with Crippen molar-refractivity contribution in [3.63, 3.8) is 0 Å². The molecule has 0 aliphatic rings. The van der Waals surface area contributed by atoms with Crippen LogP contribution in [0.2, 0.25) is 0 Å². The normalized spacial score (nSPS) is 11.3. The van der Waals surface area contributed by atoms with Crippen molar-refractivity contribution in [1.29, 1.82) is 0 Å². The van der Waals surface area contributed by atoms with E-state index in [4.69, 9.17) is 9.72 Å². The van der Waals surface area contributed by atoms with Crippen LogP contribution in [0.5, 0.6) is 0 Å². The van der Waals surface area contributed by atoms with E-state index >= 15 is 0 Å². The van der Waals surface area contributed by atoms with Crippen LogP contribution in [-0.2, 0) is 17.9 Å². The van der Waals surface area contributed by atoms with Crippen molar-refractivity contribution < 1.29 is 4.74 Å². The summed E-state index contributed by atoms with van der Waals surface area (Å²) in [6.07, 6.45) is 0.791. The summed E-state index contributed by atoms with van der Waals surface area (Å²) in [6, 6.07) is 23.1. The molecule has 0 radical (unpaired) electrons. The number of ether oxygens (including phenoxy) is 1. The van der Waals surface area contributed by atoms with Gasteiger partial charge in [-0.3, -0.25) is 0 Å². The number of fused-ring (bicyclic) bond motifs is 2. The topological polar surface area (TPSA) is 27.1 Å². The monoisotopic (exact) mass is 302 g/mol. The number of benzene rings is 3. The quantitative estimate of drug-likeness (QED) is 0.559. The molecule has 0 fully saturated rings. The maximum atomic E-state index is 5.38. The van der Waals surface area contributed by atoms with Gasteiger partial charge < -0.3 is 9.30 Å².